The zero-order valence-electron chi connectivity index (χ0n) is 8.23. The summed E-state index contributed by atoms with van der Waals surface area (Å²) in [5.41, 5.74) is 0.276. The van der Waals surface area contributed by atoms with Gasteiger partial charge in [0.1, 0.15) is 0 Å². The van der Waals surface area contributed by atoms with Crippen LogP contribution in [0, 0.1) is 18.6 Å². The molecule has 1 atom stereocenters. The second kappa shape index (κ2) is 5.28. The SMILES string of the molecule is Cc1ccc(NCC(O)CCl)c(F)c1F. The lowest BCUT2D eigenvalue weighted by molar-refractivity contribution is 0.211. The number of benzene rings is 1. The maximum absolute atomic E-state index is 13.3. The Bertz CT molecular complexity index is 346. The molecule has 0 amide bonds. The molecular formula is C10H12ClF2NO. The van der Waals surface area contributed by atoms with E-state index < -0.39 is 17.7 Å². The fourth-order valence-electron chi connectivity index (χ4n) is 1.06. The molecule has 0 saturated heterocycles. The lowest BCUT2D eigenvalue weighted by Gasteiger charge is -2.11. The number of hydrogen-bond acceptors (Lipinski definition) is 2. The van der Waals surface area contributed by atoms with Crippen molar-refractivity contribution in [2.45, 2.75) is 13.0 Å². The number of nitrogens with one attached hydrogen (secondary N) is 1. The Kier molecular flexibility index (Phi) is 4.29. The lowest BCUT2D eigenvalue weighted by Crippen LogP contribution is -2.21. The van der Waals surface area contributed by atoms with Gasteiger partial charge in [0.25, 0.3) is 0 Å². The molecule has 5 heteroatoms. The molecule has 1 aromatic rings. The third-order valence-electron chi connectivity index (χ3n) is 1.98. The van der Waals surface area contributed by atoms with Gasteiger partial charge in [-0.25, -0.2) is 8.78 Å². The molecule has 0 fully saturated rings. The van der Waals surface area contributed by atoms with Crippen LogP contribution in [-0.2, 0) is 0 Å². The van der Waals surface area contributed by atoms with Crippen molar-refractivity contribution in [3.8, 4) is 0 Å². The Balaban J connectivity index is 2.74. The molecule has 0 aromatic heterocycles. The van der Waals surface area contributed by atoms with Crippen molar-refractivity contribution in [1.82, 2.24) is 0 Å². The van der Waals surface area contributed by atoms with Gasteiger partial charge < -0.3 is 10.4 Å². The normalized spacial score (nSPS) is 12.6. The standard InChI is InChI=1S/C10H12ClF2NO/c1-6-2-3-8(10(13)9(6)12)14-5-7(15)4-11/h2-3,7,14-15H,4-5H2,1H3. The number of halogens is 3. The highest BCUT2D eigenvalue weighted by Gasteiger charge is 2.11. The summed E-state index contributed by atoms with van der Waals surface area (Å²) in [7, 11) is 0. The van der Waals surface area contributed by atoms with Crippen molar-refractivity contribution in [2.24, 2.45) is 0 Å². The van der Waals surface area contributed by atoms with Crippen LogP contribution in [0.5, 0.6) is 0 Å². The third kappa shape index (κ3) is 3.04. The number of rotatable bonds is 4. The molecule has 2 N–H and O–H groups in total. The third-order valence-corrected chi connectivity index (χ3v) is 2.34. The number of alkyl halides is 1. The summed E-state index contributed by atoms with van der Waals surface area (Å²) in [5, 5.41) is 11.7. The summed E-state index contributed by atoms with van der Waals surface area (Å²) in [6.45, 7) is 1.57. The zero-order valence-corrected chi connectivity index (χ0v) is 8.98. The average molecular weight is 236 g/mol. The molecule has 1 rings (SSSR count). The Hall–Kier alpha value is -0.870. The minimum atomic E-state index is -0.934. The van der Waals surface area contributed by atoms with Crippen LogP contribution in [-0.4, -0.2) is 23.6 Å². The number of anilines is 1. The average Bonchev–Trinajstić information content (AvgIpc) is 2.24. The van der Waals surface area contributed by atoms with Gasteiger partial charge in [-0.1, -0.05) is 6.07 Å². The Labute approximate surface area is 91.9 Å². The van der Waals surface area contributed by atoms with E-state index in [9.17, 15) is 8.78 Å². The van der Waals surface area contributed by atoms with Gasteiger partial charge in [0, 0.05) is 6.54 Å². The van der Waals surface area contributed by atoms with Crippen LogP contribution in [0.4, 0.5) is 14.5 Å². The van der Waals surface area contributed by atoms with Crippen LogP contribution in [0.15, 0.2) is 12.1 Å². The number of aliphatic hydroxyl groups excluding tert-OH is 1. The molecule has 0 aliphatic rings. The zero-order chi connectivity index (χ0) is 11.4. The van der Waals surface area contributed by atoms with Gasteiger partial charge in [0.05, 0.1) is 17.7 Å². The van der Waals surface area contributed by atoms with Crippen molar-refractivity contribution in [2.75, 3.05) is 17.7 Å². The highest BCUT2D eigenvalue weighted by molar-refractivity contribution is 6.18. The monoisotopic (exact) mass is 235 g/mol. The second-order valence-corrected chi connectivity index (χ2v) is 3.56. The smallest absolute Gasteiger partial charge is 0.182 e. The molecule has 0 aliphatic carbocycles. The molecule has 0 saturated carbocycles. The molecule has 2 nitrogen and oxygen atoms in total. The van der Waals surface area contributed by atoms with Crippen molar-refractivity contribution in [3.05, 3.63) is 29.3 Å². The largest absolute Gasteiger partial charge is 0.390 e. The molecule has 84 valence electrons. The van der Waals surface area contributed by atoms with Gasteiger partial charge >= 0.3 is 0 Å². The van der Waals surface area contributed by atoms with Crippen molar-refractivity contribution in [3.63, 3.8) is 0 Å². The number of aryl methyl sites for hydroxylation is 1. The van der Waals surface area contributed by atoms with Gasteiger partial charge in [0.2, 0.25) is 0 Å². The molecule has 0 heterocycles. The van der Waals surface area contributed by atoms with Gasteiger partial charge in [-0.15, -0.1) is 11.6 Å². The Morgan fingerprint density at radius 3 is 2.67 bits per heavy atom. The van der Waals surface area contributed by atoms with E-state index in [2.05, 4.69) is 5.32 Å². The Morgan fingerprint density at radius 2 is 2.07 bits per heavy atom. The van der Waals surface area contributed by atoms with E-state index >= 15 is 0 Å². The molecule has 1 unspecified atom stereocenters. The minimum Gasteiger partial charge on any atom is -0.390 e. The summed E-state index contributed by atoms with van der Waals surface area (Å²) in [6.07, 6.45) is -0.782. The quantitative estimate of drug-likeness (QED) is 0.785. The van der Waals surface area contributed by atoms with Crippen LogP contribution in [0.2, 0.25) is 0 Å². The van der Waals surface area contributed by atoms with Crippen LogP contribution in [0.3, 0.4) is 0 Å². The highest BCUT2D eigenvalue weighted by atomic mass is 35.5. The fraction of sp³-hybridized carbons (Fsp3) is 0.400. The van der Waals surface area contributed by atoms with E-state index in [1.807, 2.05) is 0 Å². The molecule has 0 aliphatic heterocycles. The first-order valence-corrected chi connectivity index (χ1v) is 5.02. The summed E-state index contributed by atoms with van der Waals surface area (Å²) in [4.78, 5) is 0. The van der Waals surface area contributed by atoms with Crippen molar-refractivity contribution < 1.29 is 13.9 Å². The van der Waals surface area contributed by atoms with Gasteiger partial charge in [-0.2, -0.15) is 0 Å². The van der Waals surface area contributed by atoms with Crippen LogP contribution >= 0.6 is 11.6 Å². The molecule has 15 heavy (non-hydrogen) atoms. The topological polar surface area (TPSA) is 32.3 Å². The molecule has 0 bridgehead atoms. The number of aliphatic hydroxyl groups is 1. The molecular weight excluding hydrogens is 224 g/mol. The summed E-state index contributed by atoms with van der Waals surface area (Å²) >= 11 is 5.36. The molecule has 1 aromatic carbocycles. The first-order valence-electron chi connectivity index (χ1n) is 4.48. The second-order valence-electron chi connectivity index (χ2n) is 3.25. The summed E-state index contributed by atoms with van der Waals surface area (Å²) in [5.74, 6) is -1.76. The summed E-state index contributed by atoms with van der Waals surface area (Å²) in [6, 6.07) is 2.89. The Morgan fingerprint density at radius 1 is 1.40 bits per heavy atom. The predicted molar refractivity (Wildman–Crippen MR) is 56.3 cm³/mol. The van der Waals surface area contributed by atoms with Crippen LogP contribution < -0.4 is 5.32 Å². The van der Waals surface area contributed by atoms with Crippen molar-refractivity contribution >= 4 is 17.3 Å². The van der Waals surface area contributed by atoms with Crippen molar-refractivity contribution in [1.29, 1.82) is 0 Å². The van der Waals surface area contributed by atoms with Crippen LogP contribution in [0.1, 0.15) is 5.56 Å². The van der Waals surface area contributed by atoms with Crippen LogP contribution in [0.25, 0.3) is 0 Å². The van der Waals surface area contributed by atoms with Gasteiger partial charge in [-0.05, 0) is 18.6 Å². The van der Waals surface area contributed by atoms with E-state index in [4.69, 9.17) is 16.7 Å². The fourth-order valence-corrected chi connectivity index (χ4v) is 1.17. The highest BCUT2D eigenvalue weighted by Crippen LogP contribution is 2.19. The predicted octanol–water partition coefficient (Wildman–Crippen LogP) is 2.28. The first-order chi connectivity index (χ1) is 7.06. The van der Waals surface area contributed by atoms with E-state index in [0.29, 0.717) is 0 Å². The maximum Gasteiger partial charge on any atom is 0.182 e. The lowest BCUT2D eigenvalue weighted by atomic mass is 10.2. The van der Waals surface area contributed by atoms with Gasteiger partial charge in [-0.3, -0.25) is 0 Å². The first kappa shape index (κ1) is 12.2. The molecule has 0 spiro atoms. The van der Waals surface area contributed by atoms with E-state index in [0.717, 1.165) is 0 Å². The molecule has 0 radical (unpaired) electrons. The van der Waals surface area contributed by atoms with E-state index in [-0.39, 0.29) is 23.7 Å². The maximum atomic E-state index is 13.3. The van der Waals surface area contributed by atoms with E-state index in [1.165, 1.54) is 19.1 Å². The summed E-state index contributed by atoms with van der Waals surface area (Å²) < 4.78 is 26.4. The van der Waals surface area contributed by atoms with E-state index in [1.54, 1.807) is 0 Å². The number of hydrogen-bond donors (Lipinski definition) is 2. The van der Waals surface area contributed by atoms with Gasteiger partial charge in [0.15, 0.2) is 11.6 Å². The minimum absolute atomic E-state index is 0.0299.